The summed E-state index contributed by atoms with van der Waals surface area (Å²) in [6.45, 7) is 0. The molecule has 1 aliphatic rings. The molecular formula is C14H18IN2P. The molecular weight excluding hydrogens is 354 g/mol. The Balaban J connectivity index is 2.22. The first kappa shape index (κ1) is 14.0. The Hall–Kier alpha value is -0.410. The van der Waals surface area contributed by atoms with Crippen molar-refractivity contribution < 1.29 is 0 Å². The van der Waals surface area contributed by atoms with Gasteiger partial charge in [0.05, 0.1) is 0 Å². The molecule has 0 spiro atoms. The van der Waals surface area contributed by atoms with Gasteiger partial charge < -0.3 is 10.5 Å². The molecule has 0 radical (unpaired) electrons. The predicted molar refractivity (Wildman–Crippen MR) is 89.9 cm³/mol. The average Bonchev–Trinajstić information content (AvgIpc) is 2.94. The molecule has 4 heteroatoms. The Morgan fingerprint density at radius 1 is 1.39 bits per heavy atom. The molecule has 1 aliphatic carbocycles. The Bertz CT molecular complexity index is 439. The molecule has 1 unspecified atom stereocenters. The highest BCUT2D eigenvalue weighted by Gasteiger charge is 2.17. The number of hydrogen-bond donors (Lipinski definition) is 2. The van der Waals surface area contributed by atoms with E-state index in [0.717, 1.165) is 17.1 Å². The van der Waals surface area contributed by atoms with Crippen molar-refractivity contribution in [3.05, 3.63) is 41.6 Å². The van der Waals surface area contributed by atoms with Crippen molar-refractivity contribution in [1.29, 1.82) is 5.41 Å². The molecule has 1 atom stereocenters. The van der Waals surface area contributed by atoms with E-state index in [0.29, 0.717) is 6.37 Å². The van der Waals surface area contributed by atoms with Crippen LogP contribution in [-0.4, -0.2) is 6.21 Å². The van der Waals surface area contributed by atoms with E-state index in [9.17, 15) is 0 Å². The summed E-state index contributed by atoms with van der Waals surface area (Å²) in [6, 6.07) is 8.69. The summed E-state index contributed by atoms with van der Waals surface area (Å²) in [5.74, 6) is 0.733. The van der Waals surface area contributed by atoms with E-state index in [4.69, 9.17) is 5.41 Å². The van der Waals surface area contributed by atoms with Crippen LogP contribution in [0.3, 0.4) is 0 Å². The molecule has 0 aromatic heterocycles. The first-order chi connectivity index (χ1) is 8.85. The minimum Gasteiger partial charge on any atom is -0.364 e. The maximum Gasteiger partial charge on any atom is 0.0393 e. The van der Waals surface area contributed by atoms with E-state index in [2.05, 4.69) is 51.4 Å². The third-order valence-corrected chi connectivity index (χ3v) is 4.67. The summed E-state index contributed by atoms with van der Waals surface area (Å²) in [7, 11) is 0. The monoisotopic (exact) mass is 372 g/mol. The second kappa shape index (κ2) is 7.25. The van der Waals surface area contributed by atoms with Crippen LogP contribution < -0.4 is 5.09 Å². The fourth-order valence-corrected chi connectivity index (χ4v) is 3.22. The lowest BCUT2D eigenvalue weighted by Gasteiger charge is -2.11. The second-order valence-corrected chi connectivity index (χ2v) is 6.69. The standard InChI is InChI=1S/C14H18IN2P/c15-18-17-10-14(9-16)13-7-3-6-12(8-13)11-4-1-2-5-11/h3,6-11,16-18H,1-2,4-5H2/b14-10+,16-9?. The Kier molecular flexibility index (Phi) is 5.64. The topological polar surface area (TPSA) is 35.9 Å². The Morgan fingerprint density at radius 2 is 2.17 bits per heavy atom. The van der Waals surface area contributed by atoms with Gasteiger partial charge in [0.15, 0.2) is 0 Å². The molecule has 1 fully saturated rings. The van der Waals surface area contributed by atoms with Gasteiger partial charge in [0.25, 0.3) is 0 Å². The number of hydrogen-bond acceptors (Lipinski definition) is 2. The molecule has 96 valence electrons. The summed E-state index contributed by atoms with van der Waals surface area (Å²) >= 11 is 2.29. The molecule has 0 amide bonds. The van der Waals surface area contributed by atoms with Crippen molar-refractivity contribution in [3.63, 3.8) is 0 Å². The first-order valence-corrected chi connectivity index (χ1v) is 10.4. The largest absolute Gasteiger partial charge is 0.364 e. The zero-order valence-corrected chi connectivity index (χ0v) is 13.4. The van der Waals surface area contributed by atoms with Gasteiger partial charge in [-0.3, -0.25) is 0 Å². The van der Waals surface area contributed by atoms with Gasteiger partial charge in [0, 0.05) is 24.4 Å². The van der Waals surface area contributed by atoms with E-state index < -0.39 is 0 Å². The zero-order chi connectivity index (χ0) is 12.8. The van der Waals surface area contributed by atoms with E-state index in [1.807, 2.05) is 6.20 Å². The quantitative estimate of drug-likeness (QED) is 0.432. The SMILES string of the molecule is N=C/C(=C\NPI)c1cccc(C2CCCC2)c1. The van der Waals surface area contributed by atoms with Gasteiger partial charge in [0.2, 0.25) is 0 Å². The summed E-state index contributed by atoms with van der Waals surface area (Å²) < 4.78 is 0. The van der Waals surface area contributed by atoms with Crippen LogP contribution in [0.5, 0.6) is 0 Å². The zero-order valence-electron chi connectivity index (χ0n) is 10.2. The molecule has 0 heterocycles. The van der Waals surface area contributed by atoms with Crippen LogP contribution >= 0.6 is 28.4 Å². The highest BCUT2D eigenvalue weighted by molar-refractivity contribution is 14.2. The van der Waals surface area contributed by atoms with Crippen molar-refractivity contribution in [2.45, 2.75) is 31.6 Å². The Labute approximate surface area is 123 Å². The van der Waals surface area contributed by atoms with Crippen LogP contribution in [0.2, 0.25) is 0 Å². The lowest BCUT2D eigenvalue weighted by Crippen LogP contribution is -1.96. The minimum absolute atomic E-state index is 0.641. The van der Waals surface area contributed by atoms with Crippen molar-refractivity contribution in [2.24, 2.45) is 0 Å². The molecule has 1 saturated carbocycles. The van der Waals surface area contributed by atoms with Gasteiger partial charge in [-0.05, 0) is 51.9 Å². The number of halogens is 1. The molecule has 2 nitrogen and oxygen atoms in total. The van der Waals surface area contributed by atoms with Crippen LogP contribution in [0.15, 0.2) is 30.5 Å². The number of rotatable bonds is 5. The van der Waals surface area contributed by atoms with Crippen LogP contribution in [0, 0.1) is 5.41 Å². The van der Waals surface area contributed by atoms with Crippen LogP contribution in [0.1, 0.15) is 42.7 Å². The highest BCUT2D eigenvalue weighted by atomic mass is 127. The molecule has 1 aromatic rings. The molecule has 0 aliphatic heterocycles. The fraction of sp³-hybridized carbons (Fsp3) is 0.357. The second-order valence-electron chi connectivity index (χ2n) is 4.59. The first-order valence-electron chi connectivity index (χ1n) is 6.27. The maximum atomic E-state index is 7.52. The van der Waals surface area contributed by atoms with E-state index in [1.54, 1.807) is 0 Å². The number of benzene rings is 1. The van der Waals surface area contributed by atoms with E-state index >= 15 is 0 Å². The molecule has 1 aromatic carbocycles. The van der Waals surface area contributed by atoms with Gasteiger partial charge in [0.1, 0.15) is 0 Å². The highest BCUT2D eigenvalue weighted by Crippen LogP contribution is 2.34. The van der Waals surface area contributed by atoms with Crippen molar-refractivity contribution in [3.8, 4) is 0 Å². The molecule has 18 heavy (non-hydrogen) atoms. The lowest BCUT2D eigenvalue weighted by atomic mass is 9.94. The van der Waals surface area contributed by atoms with Crippen LogP contribution in [-0.2, 0) is 0 Å². The fourth-order valence-electron chi connectivity index (χ4n) is 2.54. The Morgan fingerprint density at radius 3 is 2.83 bits per heavy atom. The van der Waals surface area contributed by atoms with Gasteiger partial charge in [-0.15, -0.1) is 0 Å². The summed E-state index contributed by atoms with van der Waals surface area (Å²) in [6.07, 6.45) is 9.37. The van der Waals surface area contributed by atoms with Gasteiger partial charge in [-0.25, -0.2) is 0 Å². The van der Waals surface area contributed by atoms with Crippen molar-refractivity contribution in [2.75, 3.05) is 0 Å². The lowest BCUT2D eigenvalue weighted by molar-refractivity contribution is 0.723. The molecule has 2 rings (SSSR count). The van der Waals surface area contributed by atoms with Crippen molar-refractivity contribution >= 4 is 40.2 Å². The molecule has 0 saturated heterocycles. The molecule has 2 N–H and O–H groups in total. The van der Waals surface area contributed by atoms with Gasteiger partial charge in [-0.2, -0.15) is 0 Å². The van der Waals surface area contributed by atoms with Crippen LogP contribution in [0.4, 0.5) is 0 Å². The van der Waals surface area contributed by atoms with Gasteiger partial charge >= 0.3 is 0 Å². The van der Waals surface area contributed by atoms with E-state index in [1.165, 1.54) is 37.5 Å². The number of allylic oxidation sites excluding steroid dienone is 1. The van der Waals surface area contributed by atoms with Gasteiger partial charge in [-0.1, -0.05) is 37.1 Å². The normalized spacial score (nSPS) is 17.5. The van der Waals surface area contributed by atoms with Crippen LogP contribution in [0.25, 0.3) is 5.57 Å². The minimum atomic E-state index is 0.641. The smallest absolute Gasteiger partial charge is 0.0393 e. The predicted octanol–water partition coefficient (Wildman–Crippen LogP) is 4.87. The maximum absolute atomic E-state index is 7.52. The van der Waals surface area contributed by atoms with Crippen molar-refractivity contribution in [1.82, 2.24) is 5.09 Å². The summed E-state index contributed by atoms with van der Waals surface area (Å²) in [5.41, 5.74) is 3.55. The number of nitrogens with one attached hydrogen (secondary N) is 2. The third kappa shape index (κ3) is 3.55. The third-order valence-electron chi connectivity index (χ3n) is 3.48. The summed E-state index contributed by atoms with van der Waals surface area (Å²) in [4.78, 5) is 0. The van der Waals surface area contributed by atoms with E-state index in [-0.39, 0.29) is 0 Å². The molecule has 0 bridgehead atoms. The average molecular weight is 372 g/mol. The summed E-state index contributed by atoms with van der Waals surface area (Å²) in [5, 5.41) is 10.7.